The minimum Gasteiger partial charge on any atom is -0.494 e. The first-order valence-corrected chi connectivity index (χ1v) is 20.7. The van der Waals surface area contributed by atoms with Crippen LogP contribution < -0.4 is 24.8 Å². The van der Waals surface area contributed by atoms with Gasteiger partial charge in [0.2, 0.25) is 27.7 Å². The van der Waals surface area contributed by atoms with Gasteiger partial charge in [-0.3, -0.25) is 19.1 Å². The Kier molecular flexibility index (Phi) is 11.3. The van der Waals surface area contributed by atoms with Crippen molar-refractivity contribution < 1.29 is 46.2 Å². The first-order valence-electron chi connectivity index (χ1n) is 19.3. The van der Waals surface area contributed by atoms with Crippen molar-refractivity contribution in [1.29, 1.82) is 0 Å². The van der Waals surface area contributed by atoms with Gasteiger partial charge in [-0.2, -0.15) is 0 Å². The highest BCUT2D eigenvalue weighted by molar-refractivity contribution is 7.91. The second-order valence-electron chi connectivity index (χ2n) is 17.0. The molecule has 2 saturated carbocycles. The van der Waals surface area contributed by atoms with Crippen molar-refractivity contribution in [3.8, 4) is 11.6 Å². The third-order valence-corrected chi connectivity index (χ3v) is 13.7. The van der Waals surface area contributed by atoms with Crippen LogP contribution in [0.5, 0.6) is 11.6 Å². The summed E-state index contributed by atoms with van der Waals surface area (Å²) in [4.78, 5) is 62.2. The van der Waals surface area contributed by atoms with E-state index in [0.29, 0.717) is 24.0 Å². The molecule has 4 fully saturated rings. The van der Waals surface area contributed by atoms with Crippen LogP contribution in [0.1, 0.15) is 92.4 Å². The third kappa shape index (κ3) is 8.48. The van der Waals surface area contributed by atoms with Crippen LogP contribution in [-0.2, 0) is 29.1 Å². The molecule has 4 amide bonds. The molecular weight excluding hydrogens is 734 g/mol. The van der Waals surface area contributed by atoms with E-state index in [1.54, 1.807) is 20.8 Å². The van der Waals surface area contributed by atoms with Gasteiger partial charge in [0.15, 0.2) is 0 Å². The van der Waals surface area contributed by atoms with E-state index in [-0.39, 0.29) is 55.9 Å². The number of methoxy groups -OCH3 is 1. The topological polar surface area (TPSA) is 182 Å². The van der Waals surface area contributed by atoms with E-state index in [2.05, 4.69) is 27.3 Å². The molecule has 0 bridgehead atoms. The van der Waals surface area contributed by atoms with Gasteiger partial charge in [-0.15, -0.1) is 0 Å². The van der Waals surface area contributed by atoms with Gasteiger partial charge in [0.05, 0.1) is 19.9 Å². The fourth-order valence-corrected chi connectivity index (χ4v) is 9.59. The molecule has 3 N–H and O–H groups in total. The molecule has 1 aromatic heterocycles. The molecule has 2 aliphatic heterocycles. The fourth-order valence-electron chi connectivity index (χ4n) is 8.17. The summed E-state index contributed by atoms with van der Waals surface area (Å²) in [5.41, 5.74) is -2.40. The minimum absolute atomic E-state index is 0.00910. The molecule has 2 saturated heterocycles. The molecule has 2 aromatic rings. The Hall–Kier alpha value is -4.21. The molecular formula is C39H54FN5O9S. The van der Waals surface area contributed by atoms with Gasteiger partial charge < -0.3 is 29.7 Å². The predicted octanol–water partition coefficient (Wildman–Crippen LogP) is 4.54. The van der Waals surface area contributed by atoms with Crippen molar-refractivity contribution in [3.05, 3.63) is 30.5 Å². The molecule has 3 heterocycles. The number of sulfonamides is 1. The van der Waals surface area contributed by atoms with Crippen LogP contribution in [0.15, 0.2) is 30.5 Å². The number of aromatic nitrogens is 1. The maximum Gasteiger partial charge on any atom is 0.408 e. The molecule has 0 radical (unpaired) electrons. The zero-order chi connectivity index (χ0) is 39.9. The predicted molar refractivity (Wildman–Crippen MR) is 201 cm³/mol. The van der Waals surface area contributed by atoms with Gasteiger partial charge in [-0.25, -0.2) is 22.6 Å². The summed E-state index contributed by atoms with van der Waals surface area (Å²) in [6.45, 7) is 7.97. The summed E-state index contributed by atoms with van der Waals surface area (Å²) in [6, 6.07) is 5.15. The van der Waals surface area contributed by atoms with E-state index < -0.39 is 74.6 Å². The summed E-state index contributed by atoms with van der Waals surface area (Å²) >= 11 is 0. The Morgan fingerprint density at radius 1 is 1.07 bits per heavy atom. The van der Waals surface area contributed by atoms with Gasteiger partial charge in [0, 0.05) is 17.2 Å². The second-order valence-corrected chi connectivity index (χ2v) is 19.1. The van der Waals surface area contributed by atoms with Gasteiger partial charge in [-0.1, -0.05) is 51.3 Å². The zero-order valence-corrected chi connectivity index (χ0v) is 33.3. The number of nitrogens with one attached hydrogen (secondary N) is 3. The van der Waals surface area contributed by atoms with Crippen molar-refractivity contribution in [1.82, 2.24) is 25.2 Å². The Balaban J connectivity index is 1.34. The maximum absolute atomic E-state index is 14.8. The normalized spacial score (nSPS) is 29.8. The number of halogens is 1. The Morgan fingerprint density at radius 2 is 1.76 bits per heavy atom. The fraction of sp³-hybridized carbons (Fsp3) is 0.667. The summed E-state index contributed by atoms with van der Waals surface area (Å²) in [6.07, 6.45) is 3.93. The van der Waals surface area contributed by atoms with Crippen LogP contribution in [-0.4, -0.2) is 96.5 Å². The molecule has 7 unspecified atom stereocenters. The van der Waals surface area contributed by atoms with Crippen LogP contribution in [0, 0.1) is 17.8 Å². The van der Waals surface area contributed by atoms with Gasteiger partial charge >= 0.3 is 6.09 Å². The quantitative estimate of drug-likeness (QED) is 0.344. The standard InChI is InChI=1S/C39H54FN5O9S/c1-23-11-7-8-12-25-19-39(25,35(48)44-55(50,51)38(22-40)15-16-38)43-32(46)29-18-26(53-33-28-14-10-9-13-27(28)30(52-6)20-41-33)21-45(29)34(47)31(24(2)17-23)42-36(49)54-37(3,4)5/h9-10,13-14,20,23-26,29,31H,7-8,11-12,15-19,21-22H2,1-6H3,(H,42,49)(H,43,46)(H,44,48). The highest BCUT2D eigenvalue weighted by Gasteiger charge is 2.64. The number of fused-ring (bicyclic) bond motifs is 3. The number of alkyl carbamates (subject to hydrolysis) is 1. The highest BCUT2D eigenvalue weighted by Crippen LogP contribution is 2.49. The first kappa shape index (κ1) is 40.5. The zero-order valence-electron chi connectivity index (χ0n) is 32.5. The number of amides is 4. The van der Waals surface area contributed by atoms with Crippen LogP contribution in [0.3, 0.4) is 0 Å². The number of carbonyl (C=O) groups is 4. The lowest BCUT2D eigenvalue weighted by molar-refractivity contribution is -0.142. The Bertz CT molecular complexity index is 1920. The molecule has 302 valence electrons. The smallest absolute Gasteiger partial charge is 0.408 e. The van der Waals surface area contributed by atoms with E-state index in [1.165, 1.54) is 18.2 Å². The number of hydrogen-bond acceptors (Lipinski definition) is 10. The lowest BCUT2D eigenvalue weighted by Gasteiger charge is -2.33. The average molecular weight is 788 g/mol. The number of pyridine rings is 1. The van der Waals surface area contributed by atoms with Crippen molar-refractivity contribution in [2.24, 2.45) is 17.8 Å². The number of hydrogen-bond donors (Lipinski definition) is 3. The largest absolute Gasteiger partial charge is 0.494 e. The van der Waals surface area contributed by atoms with E-state index >= 15 is 0 Å². The number of alkyl halides is 1. The number of ether oxygens (including phenoxy) is 3. The Labute approximate surface area is 322 Å². The molecule has 14 nitrogen and oxygen atoms in total. The summed E-state index contributed by atoms with van der Waals surface area (Å²) in [7, 11) is -2.82. The first-order chi connectivity index (χ1) is 25.9. The van der Waals surface area contributed by atoms with Crippen molar-refractivity contribution >= 4 is 44.6 Å². The number of benzene rings is 1. The lowest BCUT2D eigenvalue weighted by atomic mass is 9.87. The van der Waals surface area contributed by atoms with Gasteiger partial charge in [0.25, 0.3) is 5.91 Å². The SMILES string of the molecule is COc1cnc(OC2CC3C(=O)NC4(C(=O)NS(=O)(=O)C5(CF)CC5)CC4CCCCC(C)CC(C)C(NC(=O)OC(C)(C)C)C(=O)N3C2)c2ccccc12. The lowest BCUT2D eigenvalue weighted by Crippen LogP contribution is -2.59. The summed E-state index contributed by atoms with van der Waals surface area (Å²) in [5, 5.41) is 7.09. The van der Waals surface area contributed by atoms with E-state index in [9.17, 15) is 32.0 Å². The molecule has 7 atom stereocenters. The number of carbonyl (C=O) groups excluding carboxylic acids is 4. The van der Waals surface area contributed by atoms with E-state index in [4.69, 9.17) is 14.2 Å². The molecule has 0 spiro atoms. The van der Waals surface area contributed by atoms with Crippen LogP contribution in [0.25, 0.3) is 10.8 Å². The van der Waals surface area contributed by atoms with Crippen molar-refractivity contribution in [3.63, 3.8) is 0 Å². The molecule has 2 aliphatic carbocycles. The average Bonchev–Trinajstić information content (AvgIpc) is 4.02. The molecule has 16 heteroatoms. The van der Waals surface area contributed by atoms with Crippen LogP contribution in [0.4, 0.5) is 9.18 Å². The Morgan fingerprint density at radius 3 is 2.42 bits per heavy atom. The van der Waals surface area contributed by atoms with E-state index in [0.717, 1.165) is 24.6 Å². The number of nitrogens with zero attached hydrogens (tertiary/aromatic N) is 2. The van der Waals surface area contributed by atoms with Gasteiger partial charge in [0.1, 0.15) is 46.5 Å². The number of rotatable bonds is 8. The second kappa shape index (κ2) is 15.4. The maximum atomic E-state index is 14.8. The summed E-state index contributed by atoms with van der Waals surface area (Å²) in [5.74, 6) is -1.82. The minimum atomic E-state index is -4.36. The van der Waals surface area contributed by atoms with Crippen molar-refractivity contribution in [2.45, 2.75) is 126 Å². The molecule has 55 heavy (non-hydrogen) atoms. The van der Waals surface area contributed by atoms with Crippen LogP contribution in [0.2, 0.25) is 0 Å². The van der Waals surface area contributed by atoms with Crippen LogP contribution >= 0.6 is 0 Å². The molecule has 4 aliphatic rings. The van der Waals surface area contributed by atoms with E-state index in [1.807, 2.05) is 31.2 Å². The highest BCUT2D eigenvalue weighted by atomic mass is 32.2. The monoisotopic (exact) mass is 787 g/mol. The van der Waals surface area contributed by atoms with Crippen molar-refractivity contribution in [2.75, 3.05) is 20.3 Å². The third-order valence-electron chi connectivity index (χ3n) is 11.6. The van der Waals surface area contributed by atoms with Gasteiger partial charge in [-0.05, 0) is 76.7 Å². The molecule has 1 aromatic carbocycles. The summed E-state index contributed by atoms with van der Waals surface area (Å²) < 4.78 is 58.2. The molecule has 6 rings (SSSR count).